The van der Waals surface area contributed by atoms with E-state index in [4.69, 9.17) is 4.42 Å². The first-order valence-electron chi connectivity index (χ1n) is 45.9. The maximum Gasteiger partial charge on any atom is 0.143 e. The van der Waals surface area contributed by atoms with Gasteiger partial charge in [-0.1, -0.05) is 328 Å². The number of hydrogen-bond acceptors (Lipinski definition) is 5. The Morgan fingerprint density at radius 2 is 0.467 bits per heavy atom. The van der Waals surface area contributed by atoms with Crippen LogP contribution in [0.25, 0.3) is 268 Å². The molecule has 0 saturated heterocycles. The number of thiophene rings is 4. The van der Waals surface area contributed by atoms with Crippen LogP contribution in [-0.2, 0) is 0 Å². The third-order valence-electron chi connectivity index (χ3n) is 27.8. The van der Waals surface area contributed by atoms with Crippen molar-refractivity contribution in [2.45, 2.75) is 0 Å². The molecule has 0 N–H and O–H groups in total. The largest absolute Gasteiger partial charge is 0.455 e. The minimum atomic E-state index is 0.922. The monoisotopic (exact) mass is 1790 g/mol. The lowest BCUT2D eigenvalue weighted by molar-refractivity contribution is 0.670. The Bertz CT molecular complexity index is 10100. The molecule has 0 aliphatic rings. The Balaban J connectivity index is 0.000000101. The molecule has 9 aromatic heterocycles. The van der Waals surface area contributed by atoms with Gasteiger partial charge < -0.3 is 22.7 Å². The summed E-state index contributed by atoms with van der Waals surface area (Å²) in [5.41, 5.74) is 28.5. The molecular formula is C126H76N4OS4. The molecule has 30 rings (SSSR count). The Hall–Kier alpha value is -16.5. The van der Waals surface area contributed by atoms with E-state index in [2.05, 4.69) is 467 Å². The van der Waals surface area contributed by atoms with Gasteiger partial charge in [-0.05, 0) is 184 Å². The number of para-hydroxylation sites is 7. The number of furan rings is 1. The summed E-state index contributed by atoms with van der Waals surface area (Å²) in [6, 6.07) is 168. The average Bonchev–Trinajstić information content (AvgIpc) is 1.57. The van der Waals surface area contributed by atoms with Gasteiger partial charge in [0.1, 0.15) is 11.2 Å². The zero-order chi connectivity index (χ0) is 88.5. The number of hydrogen-bond donors (Lipinski definition) is 0. The standard InChI is InChI=1S/C48H30N2S.C42H25NS2.C36H21NOS/c1-2-10-35(11-3-1)49-42-15-7-4-12-37(42)41-30-34(24-28-44(41)49)33-20-18-31(19-21-33)32-22-25-36(26-23-32)50-43-16-8-5-14-40(43)47-45(50)29-27-39-38-13-6-9-17-46(38)51-48(39)47;1-4-13-36-35(10-1)40-37(25-24-34-32-9-3-6-15-39(32)45-42(34)40)43(36)29-22-20-27(21-23-29)26-16-18-28(19-17-26)30-11-7-12-33-31-8-2-5-14-38(31)44-41(30)33;1-4-16-30-29(13-1)34-31(20-19-28-26-12-3-6-18-33(26)39-36(28)34)37(30)23-10-7-9-22(21-23)24-14-8-15-27-25-11-2-5-17-32(25)38-35(24)27/h1-30H;1-25H;1-21H. The second-order valence-electron chi connectivity index (χ2n) is 35.1. The summed E-state index contributed by atoms with van der Waals surface area (Å²) < 4.78 is 26.8. The first-order chi connectivity index (χ1) is 67.0. The molecule has 630 valence electrons. The number of fused-ring (bicyclic) bond motifs is 30. The minimum absolute atomic E-state index is 0.922. The predicted octanol–water partition coefficient (Wildman–Crippen LogP) is 37.2. The van der Waals surface area contributed by atoms with E-state index in [-0.39, 0.29) is 0 Å². The van der Waals surface area contributed by atoms with E-state index < -0.39 is 0 Å². The van der Waals surface area contributed by atoms with E-state index in [1.807, 2.05) is 57.5 Å². The highest BCUT2D eigenvalue weighted by Gasteiger charge is 2.25. The molecule has 0 unspecified atom stereocenters. The van der Waals surface area contributed by atoms with Gasteiger partial charge >= 0.3 is 0 Å². The van der Waals surface area contributed by atoms with Crippen LogP contribution in [0.4, 0.5) is 0 Å². The van der Waals surface area contributed by atoms with Crippen LogP contribution in [0, 0.1) is 0 Å². The summed E-state index contributed by atoms with van der Waals surface area (Å²) in [4.78, 5) is 0. The lowest BCUT2D eigenvalue weighted by Gasteiger charge is -2.11. The zero-order valence-electron chi connectivity index (χ0n) is 72.7. The Morgan fingerprint density at radius 3 is 0.956 bits per heavy atom. The van der Waals surface area contributed by atoms with Crippen LogP contribution in [0.5, 0.6) is 0 Å². The number of rotatable bonds is 9. The maximum atomic E-state index is 6.38. The smallest absolute Gasteiger partial charge is 0.143 e. The van der Waals surface area contributed by atoms with Crippen molar-refractivity contribution < 1.29 is 4.42 Å². The van der Waals surface area contributed by atoms with Gasteiger partial charge in [-0.3, -0.25) is 0 Å². The van der Waals surface area contributed by atoms with Crippen LogP contribution in [0.3, 0.4) is 0 Å². The Kier molecular flexibility index (Phi) is 17.8. The highest BCUT2D eigenvalue weighted by Crippen LogP contribution is 2.50. The van der Waals surface area contributed by atoms with Crippen LogP contribution >= 0.6 is 45.3 Å². The zero-order valence-corrected chi connectivity index (χ0v) is 76.0. The van der Waals surface area contributed by atoms with E-state index in [9.17, 15) is 0 Å². The van der Waals surface area contributed by atoms with E-state index in [0.717, 1.165) is 38.8 Å². The fourth-order valence-corrected chi connectivity index (χ4v) is 26.6. The molecule has 0 aliphatic carbocycles. The van der Waals surface area contributed by atoms with E-state index >= 15 is 0 Å². The van der Waals surface area contributed by atoms with Crippen LogP contribution in [-0.4, -0.2) is 18.3 Å². The van der Waals surface area contributed by atoms with E-state index in [1.165, 1.54) is 229 Å². The number of aromatic nitrogens is 4. The summed E-state index contributed by atoms with van der Waals surface area (Å²) in [5.74, 6) is 0. The van der Waals surface area contributed by atoms with Crippen molar-refractivity contribution in [2.24, 2.45) is 0 Å². The number of benzene rings is 21. The predicted molar refractivity (Wildman–Crippen MR) is 583 cm³/mol. The molecule has 0 radical (unpaired) electrons. The fraction of sp³-hybridized carbons (Fsp3) is 0. The topological polar surface area (TPSA) is 32.9 Å². The van der Waals surface area contributed by atoms with Gasteiger partial charge in [-0.25, -0.2) is 0 Å². The maximum absolute atomic E-state index is 6.38. The SMILES string of the molecule is c1cc(-c2cccc3c2oc2ccccc23)cc(-n2c3ccccc3c3c4sc5ccccc5c4ccc32)c1.c1ccc(-n2c3ccccc3c3cc(-c4ccc(-c5ccc(-n6c7ccccc7c7c8sc9ccccc9c8ccc76)cc5)cc4)ccc32)cc1.c1ccc2c(c1)sc1c(-c3ccc(-c4ccc(-n5c6ccccc6c6c7sc8ccccc8c7ccc65)cc4)cc3)cccc12. The molecule has 9 heteroatoms. The van der Waals surface area contributed by atoms with Gasteiger partial charge in [0, 0.05) is 163 Å². The van der Waals surface area contributed by atoms with Crippen molar-refractivity contribution in [1.29, 1.82) is 0 Å². The van der Waals surface area contributed by atoms with Gasteiger partial charge in [0.25, 0.3) is 0 Å². The van der Waals surface area contributed by atoms with Crippen molar-refractivity contribution in [1.82, 2.24) is 18.3 Å². The number of nitrogens with zero attached hydrogens (tertiary/aromatic N) is 4. The molecule has 30 aromatic rings. The van der Waals surface area contributed by atoms with Gasteiger partial charge in [-0.15, -0.1) is 45.3 Å². The molecule has 21 aromatic carbocycles. The van der Waals surface area contributed by atoms with Gasteiger partial charge in [0.05, 0.1) is 44.1 Å². The lowest BCUT2D eigenvalue weighted by Crippen LogP contribution is -1.94. The van der Waals surface area contributed by atoms with Crippen molar-refractivity contribution in [3.05, 3.63) is 461 Å². The first-order valence-corrected chi connectivity index (χ1v) is 49.2. The highest BCUT2D eigenvalue weighted by molar-refractivity contribution is 7.28. The summed E-state index contributed by atoms with van der Waals surface area (Å²) in [6.07, 6.45) is 0. The summed E-state index contributed by atoms with van der Waals surface area (Å²) >= 11 is 7.58. The molecule has 0 spiro atoms. The molecule has 0 saturated carbocycles. The third-order valence-corrected chi connectivity index (χ3v) is 32.6. The van der Waals surface area contributed by atoms with Gasteiger partial charge in [-0.2, -0.15) is 0 Å². The van der Waals surface area contributed by atoms with Crippen molar-refractivity contribution in [3.63, 3.8) is 0 Å². The molecule has 0 amide bonds. The fourth-order valence-electron chi connectivity index (χ4n) is 21.6. The van der Waals surface area contributed by atoms with Crippen molar-refractivity contribution in [2.75, 3.05) is 0 Å². The average molecular weight is 1790 g/mol. The van der Waals surface area contributed by atoms with Crippen molar-refractivity contribution in [3.8, 4) is 78.4 Å². The quantitative estimate of drug-likeness (QED) is 0.142. The molecular weight excluding hydrogens is 1710 g/mol. The molecule has 5 nitrogen and oxygen atoms in total. The third kappa shape index (κ3) is 12.3. The minimum Gasteiger partial charge on any atom is -0.455 e. The van der Waals surface area contributed by atoms with Crippen LogP contribution in [0.15, 0.2) is 465 Å². The lowest BCUT2D eigenvalue weighted by atomic mass is 9.99. The first kappa shape index (κ1) is 77.3. The van der Waals surface area contributed by atoms with Crippen LogP contribution < -0.4 is 0 Å². The Labute approximate surface area is 790 Å². The van der Waals surface area contributed by atoms with Crippen LogP contribution in [0.2, 0.25) is 0 Å². The highest BCUT2D eigenvalue weighted by atomic mass is 32.1. The summed E-state index contributed by atoms with van der Waals surface area (Å²) in [5, 5.41) is 23.4. The Morgan fingerprint density at radius 1 is 0.156 bits per heavy atom. The van der Waals surface area contributed by atoms with Gasteiger partial charge in [0.15, 0.2) is 0 Å². The van der Waals surface area contributed by atoms with E-state index in [0.29, 0.717) is 0 Å². The molecule has 9 heterocycles. The molecule has 0 bridgehead atoms. The summed E-state index contributed by atoms with van der Waals surface area (Å²) in [7, 11) is 0. The second-order valence-corrected chi connectivity index (χ2v) is 39.4. The van der Waals surface area contributed by atoms with Crippen LogP contribution in [0.1, 0.15) is 0 Å². The van der Waals surface area contributed by atoms with E-state index in [1.54, 1.807) is 0 Å². The summed E-state index contributed by atoms with van der Waals surface area (Å²) in [6.45, 7) is 0. The molecule has 0 fully saturated rings. The van der Waals surface area contributed by atoms with Crippen molar-refractivity contribution >= 4 is 235 Å². The second kappa shape index (κ2) is 31.1. The van der Waals surface area contributed by atoms with Gasteiger partial charge in [0.2, 0.25) is 0 Å². The molecule has 135 heavy (non-hydrogen) atoms. The normalized spacial score (nSPS) is 12.0. The molecule has 0 atom stereocenters. The molecule has 0 aliphatic heterocycles.